The van der Waals surface area contributed by atoms with Crippen molar-refractivity contribution in [3.05, 3.63) is 6.15 Å². The first-order valence-corrected chi connectivity index (χ1v) is 5.45. The molecule has 0 aliphatic heterocycles. The van der Waals surface area contributed by atoms with Gasteiger partial charge in [-0.15, -0.1) is 0 Å². The molecule has 0 radical (unpaired) electrons. The molecule has 18 heavy (non-hydrogen) atoms. The van der Waals surface area contributed by atoms with Crippen LogP contribution in [0.4, 0.5) is 26.3 Å². The van der Waals surface area contributed by atoms with E-state index in [2.05, 4.69) is 0 Å². The van der Waals surface area contributed by atoms with E-state index in [9.17, 15) is 26.3 Å². The van der Waals surface area contributed by atoms with Crippen molar-refractivity contribution in [2.75, 3.05) is 0 Å². The normalized spacial score (nSPS) is 12.4. The van der Waals surface area contributed by atoms with Crippen molar-refractivity contribution in [1.29, 1.82) is 0 Å². The van der Waals surface area contributed by atoms with E-state index < -0.39 is 31.3 Å². The molecule has 0 heterocycles. The van der Waals surface area contributed by atoms with Gasteiger partial charge in [-0.25, -0.2) is 0 Å². The van der Waals surface area contributed by atoms with E-state index in [1.54, 1.807) is 0 Å². The smallest absolute Gasteiger partial charge is 0.693 e. The van der Waals surface area contributed by atoms with Gasteiger partial charge in [-0.2, -0.15) is 43.2 Å². The molecule has 0 saturated carbocycles. The number of halogens is 6. The minimum atomic E-state index is -5.84. The quantitative estimate of drug-likeness (QED) is 0.241. The molecule has 0 atom stereocenters. The molecule has 0 aliphatic rings. The van der Waals surface area contributed by atoms with E-state index in [0.717, 1.165) is 0 Å². The van der Waals surface area contributed by atoms with Gasteiger partial charge in [0.05, 0.1) is 0 Å². The van der Waals surface area contributed by atoms with Crippen molar-refractivity contribution in [3.8, 4) is 0 Å². The van der Waals surface area contributed by atoms with Gasteiger partial charge in [0.2, 0.25) is 0 Å². The molecule has 0 saturated heterocycles. The van der Waals surface area contributed by atoms with Crippen molar-refractivity contribution < 1.29 is 71.1 Å². The second-order valence-electron chi connectivity index (χ2n) is 1.84. The summed E-state index contributed by atoms with van der Waals surface area (Å²) in [5, 5.41) is 0. The van der Waals surface area contributed by atoms with Crippen molar-refractivity contribution in [2.24, 2.45) is 0 Å². The van der Waals surface area contributed by atoms with Crippen LogP contribution in [-0.4, -0.2) is 37.0 Å². The van der Waals surface area contributed by atoms with Gasteiger partial charge in [-0.1, -0.05) is 0 Å². The first-order chi connectivity index (χ1) is 6.50. The number of hydrogen-bond donors (Lipinski definition) is 2. The fourth-order valence-corrected chi connectivity index (χ4v) is 0. The Kier molecular flexibility index (Phi) is 11.1. The summed E-state index contributed by atoms with van der Waals surface area (Å²) < 4.78 is 115. The summed E-state index contributed by atoms with van der Waals surface area (Å²) in [7, 11) is -11.7. The van der Waals surface area contributed by atoms with Gasteiger partial charge in [-0.3, -0.25) is 9.11 Å². The molecule has 0 unspecified atom stereocenters. The Morgan fingerprint density at radius 2 is 0.722 bits per heavy atom. The van der Waals surface area contributed by atoms with Gasteiger partial charge in [-0.05, 0) is 0 Å². The first kappa shape index (κ1) is 26.5. The molecule has 0 aromatic rings. The number of hydrogen-bond acceptors (Lipinski definition) is 4. The van der Waals surface area contributed by atoms with Crippen molar-refractivity contribution in [3.63, 3.8) is 0 Å². The average Bonchev–Trinajstić information content (AvgIpc) is 1.77. The van der Waals surface area contributed by atoms with Crippen molar-refractivity contribution >= 4 is 20.2 Å². The van der Waals surface area contributed by atoms with Gasteiger partial charge in [0.25, 0.3) is 0 Å². The maximum Gasteiger partial charge on any atom is 1.00 e. The molecule has 0 aliphatic carbocycles. The van der Waals surface area contributed by atoms with Crippen LogP contribution in [0.5, 0.6) is 0 Å². The molecule has 0 rings (SSSR count). The standard InChI is InChI=1S/2CHF3O3S.Li.H2N/c2*2-1(3,4)8(5,6)7;;/h2*(H,5,6,7);;1H2/q;;+1;-1. The third kappa shape index (κ3) is 11.1. The van der Waals surface area contributed by atoms with E-state index in [0.29, 0.717) is 0 Å². The van der Waals surface area contributed by atoms with E-state index >= 15 is 0 Å². The van der Waals surface area contributed by atoms with Gasteiger partial charge in [0, 0.05) is 0 Å². The molecule has 7 nitrogen and oxygen atoms in total. The zero-order valence-electron chi connectivity index (χ0n) is 8.19. The van der Waals surface area contributed by atoms with Gasteiger partial charge >= 0.3 is 50.1 Å². The zero-order valence-corrected chi connectivity index (χ0v) is 9.82. The van der Waals surface area contributed by atoms with E-state index in [4.69, 9.17) is 25.9 Å². The maximum absolute atomic E-state index is 10.7. The minimum absolute atomic E-state index is 0. The van der Waals surface area contributed by atoms with Crippen LogP contribution >= 0.6 is 0 Å². The molecular formula is C2H4F6LiNO6S2. The summed E-state index contributed by atoms with van der Waals surface area (Å²) in [4.78, 5) is 0. The zero-order chi connectivity index (χ0) is 14.0. The van der Waals surface area contributed by atoms with Crippen LogP contribution in [0.1, 0.15) is 0 Å². The van der Waals surface area contributed by atoms with E-state index in [1.807, 2.05) is 0 Å². The van der Waals surface area contributed by atoms with Crippen molar-refractivity contribution in [2.45, 2.75) is 11.0 Å². The number of alkyl halides is 6. The Morgan fingerprint density at radius 3 is 0.722 bits per heavy atom. The molecule has 0 aromatic carbocycles. The van der Waals surface area contributed by atoms with Crippen LogP contribution in [0, 0.1) is 0 Å². The van der Waals surface area contributed by atoms with Crippen LogP contribution in [-0.2, 0) is 20.2 Å². The monoisotopic (exact) mass is 323 g/mol. The predicted octanol–water partition coefficient (Wildman–Crippen LogP) is -1.49. The first-order valence-electron chi connectivity index (χ1n) is 2.57. The molecule has 4 N–H and O–H groups in total. The molecule has 0 amide bonds. The second-order valence-corrected chi connectivity index (χ2v) is 4.67. The molecule has 16 heteroatoms. The third-order valence-electron chi connectivity index (χ3n) is 0.585. The fourth-order valence-electron chi connectivity index (χ4n) is 0. The van der Waals surface area contributed by atoms with E-state index in [1.165, 1.54) is 0 Å². The SMILES string of the molecule is O=S(=O)(O)C(F)(F)F.O=S(=O)(O)C(F)(F)F.[Li+].[NH2-]. The Bertz CT molecular complexity index is 380. The number of nitrogens with two attached hydrogens (primary N) is 1. The second kappa shape index (κ2) is 7.52. The average molecular weight is 323 g/mol. The Morgan fingerprint density at radius 1 is 0.667 bits per heavy atom. The molecule has 0 spiro atoms. The summed E-state index contributed by atoms with van der Waals surface area (Å²) in [6.07, 6.45) is 0. The molecule has 0 aromatic heterocycles. The summed E-state index contributed by atoms with van der Waals surface area (Å²) in [5.41, 5.74) is -11.1. The summed E-state index contributed by atoms with van der Waals surface area (Å²) in [6.45, 7) is 0. The van der Waals surface area contributed by atoms with Crippen LogP contribution in [0.2, 0.25) is 0 Å². The largest absolute Gasteiger partial charge is 1.00 e. The van der Waals surface area contributed by atoms with Crippen LogP contribution in [0.3, 0.4) is 0 Å². The fraction of sp³-hybridized carbons (Fsp3) is 1.00. The van der Waals surface area contributed by atoms with Crippen molar-refractivity contribution in [1.82, 2.24) is 0 Å². The maximum atomic E-state index is 10.7. The Hall–Kier alpha value is -0.0426. The minimum Gasteiger partial charge on any atom is -0.693 e. The summed E-state index contributed by atoms with van der Waals surface area (Å²) in [6, 6.07) is 0. The summed E-state index contributed by atoms with van der Waals surface area (Å²) >= 11 is 0. The molecular weight excluding hydrogens is 319 g/mol. The van der Waals surface area contributed by atoms with Gasteiger partial charge in [0.15, 0.2) is 0 Å². The van der Waals surface area contributed by atoms with Crippen LogP contribution in [0.25, 0.3) is 6.15 Å². The molecule has 108 valence electrons. The van der Waals surface area contributed by atoms with E-state index in [-0.39, 0.29) is 25.0 Å². The van der Waals surface area contributed by atoms with Gasteiger partial charge < -0.3 is 6.15 Å². The van der Waals surface area contributed by atoms with Crippen LogP contribution in [0.15, 0.2) is 0 Å². The third-order valence-corrected chi connectivity index (χ3v) is 1.75. The molecule has 0 fully saturated rings. The predicted molar refractivity (Wildman–Crippen MR) is 40.5 cm³/mol. The van der Waals surface area contributed by atoms with Crippen LogP contribution < -0.4 is 18.9 Å². The topological polar surface area (TPSA) is 142 Å². The Labute approximate surface area is 109 Å². The summed E-state index contributed by atoms with van der Waals surface area (Å²) in [5.74, 6) is 0. The van der Waals surface area contributed by atoms with Gasteiger partial charge in [0.1, 0.15) is 0 Å². The molecule has 0 bridgehead atoms. The Balaban J connectivity index is -0.0000000980. The number of rotatable bonds is 0.